The van der Waals surface area contributed by atoms with Crippen LogP contribution in [0.2, 0.25) is 0 Å². The van der Waals surface area contributed by atoms with Crippen LogP contribution in [0.3, 0.4) is 0 Å². The van der Waals surface area contributed by atoms with Crippen molar-refractivity contribution in [3.8, 4) is 5.75 Å². The van der Waals surface area contributed by atoms with E-state index in [4.69, 9.17) is 15.6 Å². The summed E-state index contributed by atoms with van der Waals surface area (Å²) in [5.41, 5.74) is 9.04. The van der Waals surface area contributed by atoms with Crippen LogP contribution < -0.4 is 10.5 Å². The van der Waals surface area contributed by atoms with Crippen molar-refractivity contribution in [2.45, 2.75) is 39.7 Å². The Hall–Kier alpha value is -1.55. The predicted octanol–water partition coefficient (Wildman–Crippen LogP) is 2.05. The fourth-order valence-corrected chi connectivity index (χ4v) is 1.96. The lowest BCUT2D eigenvalue weighted by Crippen LogP contribution is -2.26. The summed E-state index contributed by atoms with van der Waals surface area (Å²) in [7, 11) is 0. The molecule has 0 amide bonds. The minimum absolute atomic E-state index is 0.00824. The Balaban J connectivity index is 2.84. The third-order valence-electron chi connectivity index (χ3n) is 2.85. The number of ether oxygens (including phenoxy) is 1. The molecule has 100 valence electrons. The van der Waals surface area contributed by atoms with E-state index in [1.807, 2.05) is 32.9 Å². The highest BCUT2D eigenvalue weighted by molar-refractivity contribution is 5.67. The second-order valence-corrected chi connectivity index (χ2v) is 4.54. The number of carboxylic acids is 1. The summed E-state index contributed by atoms with van der Waals surface area (Å²) in [6.07, 6.45) is 0.567. The molecule has 0 saturated carbocycles. The summed E-state index contributed by atoms with van der Waals surface area (Å²) < 4.78 is 5.52. The number of aryl methyl sites for hydroxylation is 2. The smallest absolute Gasteiger partial charge is 0.304 e. The van der Waals surface area contributed by atoms with Crippen molar-refractivity contribution >= 4 is 5.97 Å². The van der Waals surface area contributed by atoms with Crippen molar-refractivity contribution in [2.75, 3.05) is 6.61 Å². The molecule has 1 aromatic rings. The van der Waals surface area contributed by atoms with Gasteiger partial charge >= 0.3 is 5.97 Å². The van der Waals surface area contributed by atoms with Crippen molar-refractivity contribution in [1.29, 1.82) is 0 Å². The highest BCUT2D eigenvalue weighted by Crippen LogP contribution is 2.23. The third kappa shape index (κ3) is 4.04. The molecule has 4 heteroatoms. The molecule has 0 aliphatic carbocycles. The molecule has 0 aliphatic heterocycles. The van der Waals surface area contributed by atoms with E-state index in [1.54, 1.807) is 0 Å². The number of carbonyl (C=O) groups is 1. The van der Waals surface area contributed by atoms with Crippen molar-refractivity contribution in [2.24, 2.45) is 5.73 Å². The molecule has 0 aromatic heterocycles. The molecule has 1 atom stereocenters. The molecule has 0 fully saturated rings. The standard InChI is InChI=1S/C14H21NO3/c1-4-18-13-6-9(2)11(5-10(13)3)7-12(15)8-14(16)17/h5-6,12H,4,7-8,15H2,1-3H3,(H,16,17). The molecule has 1 unspecified atom stereocenters. The molecule has 0 radical (unpaired) electrons. The van der Waals surface area contributed by atoms with Gasteiger partial charge in [-0.15, -0.1) is 0 Å². The van der Waals surface area contributed by atoms with E-state index < -0.39 is 5.97 Å². The van der Waals surface area contributed by atoms with E-state index in [0.29, 0.717) is 13.0 Å². The van der Waals surface area contributed by atoms with Gasteiger partial charge in [0.25, 0.3) is 0 Å². The zero-order chi connectivity index (χ0) is 13.7. The first kappa shape index (κ1) is 14.5. The largest absolute Gasteiger partial charge is 0.494 e. The van der Waals surface area contributed by atoms with Crippen LogP contribution in [-0.2, 0) is 11.2 Å². The van der Waals surface area contributed by atoms with Crippen molar-refractivity contribution in [1.82, 2.24) is 0 Å². The first-order valence-electron chi connectivity index (χ1n) is 6.14. The number of hydrogen-bond donors (Lipinski definition) is 2. The van der Waals surface area contributed by atoms with Crippen LogP contribution in [0.1, 0.15) is 30.0 Å². The summed E-state index contributed by atoms with van der Waals surface area (Å²) in [5, 5.41) is 8.70. The summed E-state index contributed by atoms with van der Waals surface area (Å²) in [6.45, 7) is 6.56. The lowest BCUT2D eigenvalue weighted by atomic mass is 9.97. The predicted molar refractivity (Wildman–Crippen MR) is 71.0 cm³/mol. The molecule has 1 aromatic carbocycles. The van der Waals surface area contributed by atoms with Gasteiger partial charge in [0.15, 0.2) is 0 Å². The lowest BCUT2D eigenvalue weighted by molar-refractivity contribution is -0.137. The molecule has 0 aliphatic rings. The molecule has 18 heavy (non-hydrogen) atoms. The maximum atomic E-state index is 10.6. The van der Waals surface area contributed by atoms with E-state index in [-0.39, 0.29) is 12.5 Å². The Labute approximate surface area is 108 Å². The van der Waals surface area contributed by atoms with Gasteiger partial charge in [0.2, 0.25) is 0 Å². The lowest BCUT2D eigenvalue weighted by Gasteiger charge is -2.15. The van der Waals surface area contributed by atoms with Gasteiger partial charge in [-0.3, -0.25) is 4.79 Å². The van der Waals surface area contributed by atoms with Crippen molar-refractivity contribution in [3.05, 3.63) is 28.8 Å². The number of benzene rings is 1. The highest BCUT2D eigenvalue weighted by Gasteiger charge is 2.12. The Morgan fingerprint density at radius 3 is 2.61 bits per heavy atom. The number of hydrogen-bond acceptors (Lipinski definition) is 3. The topological polar surface area (TPSA) is 72.5 Å². The summed E-state index contributed by atoms with van der Waals surface area (Å²) >= 11 is 0. The SMILES string of the molecule is CCOc1cc(C)c(CC(N)CC(=O)O)cc1C. The van der Waals surface area contributed by atoms with Gasteiger partial charge in [-0.05, 0) is 49.9 Å². The highest BCUT2D eigenvalue weighted by atomic mass is 16.5. The molecule has 3 N–H and O–H groups in total. The van der Waals surface area contributed by atoms with Crippen LogP contribution in [0, 0.1) is 13.8 Å². The maximum Gasteiger partial charge on any atom is 0.304 e. The van der Waals surface area contributed by atoms with Crippen LogP contribution in [-0.4, -0.2) is 23.7 Å². The summed E-state index contributed by atoms with van der Waals surface area (Å²) in [5.74, 6) is 0.0216. The molecule has 1 rings (SSSR count). The monoisotopic (exact) mass is 251 g/mol. The molecule has 4 nitrogen and oxygen atoms in total. The van der Waals surface area contributed by atoms with Gasteiger partial charge < -0.3 is 15.6 Å². The van der Waals surface area contributed by atoms with Gasteiger partial charge in [-0.1, -0.05) is 6.07 Å². The Morgan fingerprint density at radius 2 is 2.06 bits per heavy atom. The van der Waals surface area contributed by atoms with E-state index in [0.717, 1.165) is 22.4 Å². The average Bonchev–Trinajstić information content (AvgIpc) is 2.24. The Kier molecular flexibility index (Phi) is 5.16. The van der Waals surface area contributed by atoms with Crippen LogP contribution >= 0.6 is 0 Å². The minimum atomic E-state index is -0.859. The molecule has 0 heterocycles. The molecular formula is C14H21NO3. The number of aliphatic carboxylic acids is 1. The molecule has 0 bridgehead atoms. The zero-order valence-electron chi connectivity index (χ0n) is 11.2. The fraction of sp³-hybridized carbons (Fsp3) is 0.500. The van der Waals surface area contributed by atoms with E-state index in [9.17, 15) is 4.79 Å². The van der Waals surface area contributed by atoms with Crippen LogP contribution in [0.15, 0.2) is 12.1 Å². The number of rotatable bonds is 6. The van der Waals surface area contributed by atoms with Gasteiger partial charge in [0.05, 0.1) is 13.0 Å². The van der Waals surface area contributed by atoms with E-state index in [2.05, 4.69) is 0 Å². The Bertz CT molecular complexity index is 429. The number of nitrogens with two attached hydrogens (primary N) is 1. The molecular weight excluding hydrogens is 230 g/mol. The average molecular weight is 251 g/mol. The normalized spacial score (nSPS) is 12.2. The van der Waals surface area contributed by atoms with E-state index >= 15 is 0 Å². The first-order valence-corrected chi connectivity index (χ1v) is 6.14. The van der Waals surface area contributed by atoms with Gasteiger partial charge in [0, 0.05) is 6.04 Å². The quantitative estimate of drug-likeness (QED) is 0.811. The third-order valence-corrected chi connectivity index (χ3v) is 2.85. The Morgan fingerprint density at radius 1 is 1.39 bits per heavy atom. The second kappa shape index (κ2) is 6.40. The minimum Gasteiger partial charge on any atom is -0.494 e. The van der Waals surface area contributed by atoms with E-state index in [1.165, 1.54) is 0 Å². The van der Waals surface area contributed by atoms with Crippen LogP contribution in [0.5, 0.6) is 5.75 Å². The number of carboxylic acid groups (broad SMARTS) is 1. The second-order valence-electron chi connectivity index (χ2n) is 4.54. The van der Waals surface area contributed by atoms with Crippen molar-refractivity contribution < 1.29 is 14.6 Å². The van der Waals surface area contributed by atoms with Gasteiger partial charge in [-0.25, -0.2) is 0 Å². The summed E-state index contributed by atoms with van der Waals surface area (Å²) in [6, 6.07) is 3.67. The first-order chi connectivity index (χ1) is 8.43. The molecule has 0 saturated heterocycles. The maximum absolute atomic E-state index is 10.6. The molecule has 0 spiro atoms. The zero-order valence-corrected chi connectivity index (χ0v) is 11.2. The summed E-state index contributed by atoms with van der Waals surface area (Å²) in [4.78, 5) is 10.6. The van der Waals surface area contributed by atoms with Crippen LogP contribution in [0.4, 0.5) is 0 Å². The van der Waals surface area contributed by atoms with Crippen LogP contribution in [0.25, 0.3) is 0 Å². The van der Waals surface area contributed by atoms with Gasteiger partial charge in [-0.2, -0.15) is 0 Å². The van der Waals surface area contributed by atoms with Crippen molar-refractivity contribution in [3.63, 3.8) is 0 Å². The van der Waals surface area contributed by atoms with Gasteiger partial charge in [0.1, 0.15) is 5.75 Å². The fourth-order valence-electron chi connectivity index (χ4n) is 1.96.